The number of aliphatic imine (C=N–C) groups is 1. The first-order chi connectivity index (χ1) is 13.3. The van der Waals surface area contributed by atoms with E-state index in [2.05, 4.69) is 41.8 Å². The fraction of sp³-hybridized carbons (Fsp3) is 0.409. The summed E-state index contributed by atoms with van der Waals surface area (Å²) in [4.78, 5) is 4.81. The van der Waals surface area contributed by atoms with E-state index in [0.29, 0.717) is 5.92 Å². The van der Waals surface area contributed by atoms with Crippen LogP contribution in [-0.4, -0.2) is 39.3 Å². The molecule has 5 heteroatoms. The third kappa shape index (κ3) is 5.39. The van der Waals surface area contributed by atoms with E-state index in [1.807, 2.05) is 24.3 Å². The van der Waals surface area contributed by atoms with E-state index in [1.54, 1.807) is 7.11 Å². The van der Waals surface area contributed by atoms with Gasteiger partial charge in [-0.2, -0.15) is 0 Å². The van der Waals surface area contributed by atoms with Crippen molar-refractivity contribution < 1.29 is 9.47 Å². The SMILES string of the molecule is CCNC(=NCC1CCOc2ccccc21)NCCc1ccc(OC)cc1. The van der Waals surface area contributed by atoms with E-state index in [-0.39, 0.29) is 0 Å². The quantitative estimate of drug-likeness (QED) is 0.582. The molecule has 2 aromatic rings. The lowest BCUT2D eigenvalue weighted by atomic mass is 9.93. The van der Waals surface area contributed by atoms with Gasteiger partial charge in [0.25, 0.3) is 0 Å². The van der Waals surface area contributed by atoms with Crippen LogP contribution >= 0.6 is 0 Å². The number of rotatable bonds is 7. The lowest BCUT2D eigenvalue weighted by molar-refractivity contribution is 0.269. The van der Waals surface area contributed by atoms with Crippen LogP contribution in [0.25, 0.3) is 0 Å². The van der Waals surface area contributed by atoms with E-state index < -0.39 is 0 Å². The largest absolute Gasteiger partial charge is 0.497 e. The Morgan fingerprint density at radius 2 is 1.96 bits per heavy atom. The van der Waals surface area contributed by atoms with Crippen molar-refractivity contribution >= 4 is 5.96 Å². The second kappa shape index (κ2) is 9.86. The molecular weight excluding hydrogens is 338 g/mol. The van der Waals surface area contributed by atoms with E-state index in [9.17, 15) is 0 Å². The van der Waals surface area contributed by atoms with Crippen molar-refractivity contribution in [2.45, 2.75) is 25.7 Å². The van der Waals surface area contributed by atoms with Crippen LogP contribution in [0.2, 0.25) is 0 Å². The standard InChI is InChI=1S/C22H29N3O2/c1-3-23-22(24-14-12-17-8-10-19(26-2)11-9-17)25-16-18-13-15-27-21-7-5-4-6-20(18)21/h4-11,18H,3,12-16H2,1-2H3,(H2,23,24,25). The molecule has 0 amide bonds. The highest BCUT2D eigenvalue weighted by molar-refractivity contribution is 5.79. The van der Waals surface area contributed by atoms with Gasteiger partial charge in [0, 0.05) is 25.6 Å². The molecule has 1 aliphatic heterocycles. The van der Waals surface area contributed by atoms with Crippen molar-refractivity contribution in [2.24, 2.45) is 4.99 Å². The molecule has 5 nitrogen and oxygen atoms in total. The number of nitrogens with zero attached hydrogens (tertiary/aromatic N) is 1. The highest BCUT2D eigenvalue weighted by atomic mass is 16.5. The number of nitrogens with one attached hydrogen (secondary N) is 2. The maximum Gasteiger partial charge on any atom is 0.191 e. The van der Waals surface area contributed by atoms with Crippen LogP contribution in [0.3, 0.4) is 0 Å². The van der Waals surface area contributed by atoms with Crippen molar-refractivity contribution in [3.63, 3.8) is 0 Å². The number of benzene rings is 2. The summed E-state index contributed by atoms with van der Waals surface area (Å²) in [5.41, 5.74) is 2.54. The third-order valence-corrected chi connectivity index (χ3v) is 4.76. The lowest BCUT2D eigenvalue weighted by Crippen LogP contribution is -2.38. The molecule has 2 N–H and O–H groups in total. The summed E-state index contributed by atoms with van der Waals surface area (Å²) in [6.07, 6.45) is 1.94. The predicted octanol–water partition coefficient (Wildman–Crippen LogP) is 3.36. The number of methoxy groups -OCH3 is 1. The topological polar surface area (TPSA) is 54.9 Å². The van der Waals surface area contributed by atoms with Gasteiger partial charge < -0.3 is 20.1 Å². The van der Waals surface area contributed by atoms with Crippen LogP contribution in [0.1, 0.15) is 30.4 Å². The summed E-state index contributed by atoms with van der Waals surface area (Å²) in [6, 6.07) is 16.5. The van der Waals surface area contributed by atoms with E-state index in [4.69, 9.17) is 14.5 Å². The van der Waals surface area contributed by atoms with Crippen LogP contribution < -0.4 is 20.1 Å². The molecule has 1 atom stereocenters. The van der Waals surface area contributed by atoms with Gasteiger partial charge in [0.1, 0.15) is 11.5 Å². The minimum Gasteiger partial charge on any atom is -0.497 e. The molecule has 0 radical (unpaired) electrons. The normalized spacial score (nSPS) is 16.2. The van der Waals surface area contributed by atoms with E-state index >= 15 is 0 Å². The minimum absolute atomic E-state index is 0.409. The Kier molecular flexibility index (Phi) is 6.97. The molecule has 3 rings (SSSR count). The molecule has 0 saturated carbocycles. The number of hydrogen-bond acceptors (Lipinski definition) is 3. The summed E-state index contributed by atoms with van der Waals surface area (Å²) in [5.74, 6) is 3.17. The molecule has 0 fully saturated rings. The number of hydrogen-bond donors (Lipinski definition) is 2. The first kappa shape index (κ1) is 19.1. The van der Waals surface area contributed by atoms with Crippen molar-refractivity contribution in [3.05, 3.63) is 59.7 Å². The van der Waals surface area contributed by atoms with Gasteiger partial charge in [-0.25, -0.2) is 0 Å². The van der Waals surface area contributed by atoms with Crippen LogP contribution in [0.4, 0.5) is 0 Å². The van der Waals surface area contributed by atoms with Crippen molar-refractivity contribution in [1.29, 1.82) is 0 Å². The maximum absolute atomic E-state index is 5.75. The Balaban J connectivity index is 1.55. The molecule has 0 bridgehead atoms. The molecule has 1 unspecified atom stereocenters. The zero-order valence-electron chi connectivity index (χ0n) is 16.2. The molecule has 0 spiro atoms. The van der Waals surface area contributed by atoms with E-state index in [1.165, 1.54) is 11.1 Å². The van der Waals surface area contributed by atoms with Gasteiger partial charge in [-0.05, 0) is 49.1 Å². The smallest absolute Gasteiger partial charge is 0.191 e. The van der Waals surface area contributed by atoms with E-state index in [0.717, 1.165) is 56.5 Å². The Morgan fingerprint density at radius 1 is 1.15 bits per heavy atom. The van der Waals surface area contributed by atoms with Gasteiger partial charge in [0.15, 0.2) is 5.96 Å². The summed E-state index contributed by atoms with van der Waals surface area (Å²) in [7, 11) is 1.69. The van der Waals surface area contributed by atoms with Crippen LogP contribution in [0, 0.1) is 0 Å². The Bertz CT molecular complexity index is 743. The summed E-state index contributed by atoms with van der Waals surface area (Å²) in [5, 5.41) is 6.78. The van der Waals surface area contributed by atoms with Crippen LogP contribution in [0.15, 0.2) is 53.5 Å². The highest BCUT2D eigenvalue weighted by Gasteiger charge is 2.20. The minimum atomic E-state index is 0.409. The van der Waals surface area contributed by atoms with Gasteiger partial charge in [0.2, 0.25) is 0 Å². The number of ether oxygens (including phenoxy) is 2. The van der Waals surface area contributed by atoms with Crippen molar-refractivity contribution in [1.82, 2.24) is 10.6 Å². The monoisotopic (exact) mass is 367 g/mol. The summed E-state index contributed by atoms with van der Waals surface area (Å²) >= 11 is 0. The third-order valence-electron chi connectivity index (χ3n) is 4.76. The summed E-state index contributed by atoms with van der Waals surface area (Å²) < 4.78 is 11.0. The zero-order valence-corrected chi connectivity index (χ0v) is 16.2. The summed E-state index contributed by atoms with van der Waals surface area (Å²) in [6.45, 7) is 5.29. The molecule has 144 valence electrons. The second-order valence-electron chi connectivity index (χ2n) is 6.62. The zero-order chi connectivity index (χ0) is 18.9. The Morgan fingerprint density at radius 3 is 2.74 bits per heavy atom. The first-order valence-electron chi connectivity index (χ1n) is 9.67. The molecule has 0 aromatic heterocycles. The van der Waals surface area contributed by atoms with Crippen molar-refractivity contribution in [3.8, 4) is 11.5 Å². The molecule has 0 aliphatic carbocycles. The van der Waals surface area contributed by atoms with Gasteiger partial charge >= 0.3 is 0 Å². The maximum atomic E-state index is 5.75. The van der Waals surface area contributed by atoms with Gasteiger partial charge in [-0.1, -0.05) is 30.3 Å². The molecule has 1 heterocycles. The lowest BCUT2D eigenvalue weighted by Gasteiger charge is -2.25. The average Bonchev–Trinajstić information content (AvgIpc) is 2.72. The van der Waals surface area contributed by atoms with Gasteiger partial charge in [-0.3, -0.25) is 4.99 Å². The molecule has 2 aromatic carbocycles. The Hall–Kier alpha value is -2.69. The van der Waals surface area contributed by atoms with Gasteiger partial charge in [0.05, 0.1) is 13.7 Å². The molecule has 27 heavy (non-hydrogen) atoms. The van der Waals surface area contributed by atoms with Crippen molar-refractivity contribution in [2.75, 3.05) is 33.4 Å². The highest BCUT2D eigenvalue weighted by Crippen LogP contribution is 2.33. The fourth-order valence-electron chi connectivity index (χ4n) is 3.27. The average molecular weight is 367 g/mol. The van der Waals surface area contributed by atoms with Crippen LogP contribution in [0.5, 0.6) is 11.5 Å². The second-order valence-corrected chi connectivity index (χ2v) is 6.62. The Labute approximate surface area is 161 Å². The number of guanidine groups is 1. The molecule has 1 aliphatic rings. The fourth-order valence-corrected chi connectivity index (χ4v) is 3.27. The van der Waals surface area contributed by atoms with Gasteiger partial charge in [-0.15, -0.1) is 0 Å². The first-order valence-corrected chi connectivity index (χ1v) is 9.67. The van der Waals surface area contributed by atoms with Crippen LogP contribution in [-0.2, 0) is 6.42 Å². The number of para-hydroxylation sites is 1. The predicted molar refractivity (Wildman–Crippen MR) is 110 cm³/mol. The molecular formula is C22H29N3O2. The number of fused-ring (bicyclic) bond motifs is 1. The molecule has 0 saturated heterocycles.